The Morgan fingerprint density at radius 2 is 1.70 bits per heavy atom. The first-order valence-corrected chi connectivity index (χ1v) is 8.84. The minimum Gasteiger partial charge on any atom is -0.495 e. The van der Waals surface area contributed by atoms with Crippen molar-refractivity contribution in [3.63, 3.8) is 0 Å². The predicted molar refractivity (Wildman–Crippen MR) is 101 cm³/mol. The molecule has 0 unspecified atom stereocenters. The van der Waals surface area contributed by atoms with Crippen LogP contribution in [0.25, 0.3) is 0 Å². The van der Waals surface area contributed by atoms with Crippen LogP contribution in [0.3, 0.4) is 0 Å². The molecule has 1 fully saturated rings. The van der Waals surface area contributed by atoms with Gasteiger partial charge in [-0.1, -0.05) is 11.6 Å². The van der Waals surface area contributed by atoms with Crippen molar-refractivity contribution in [1.82, 2.24) is 9.80 Å². The summed E-state index contributed by atoms with van der Waals surface area (Å²) in [6, 6.07) is 3.08. The largest absolute Gasteiger partial charge is 0.495 e. The van der Waals surface area contributed by atoms with Crippen molar-refractivity contribution in [2.24, 2.45) is 5.41 Å². The van der Waals surface area contributed by atoms with Crippen molar-refractivity contribution in [3.8, 4) is 11.5 Å². The lowest BCUT2D eigenvalue weighted by Gasteiger charge is -2.36. The highest BCUT2D eigenvalue weighted by Crippen LogP contribution is 2.36. The fraction of sp³-hybridized carbons (Fsp3) is 0.500. The van der Waals surface area contributed by atoms with E-state index in [4.69, 9.17) is 21.1 Å². The van der Waals surface area contributed by atoms with Crippen LogP contribution in [0.15, 0.2) is 12.1 Å². The monoisotopic (exact) mass is 397 g/mol. The molecule has 148 valence electrons. The Balaban J connectivity index is 2.16. The number of carbonyl (C=O) groups is 3. The average Bonchev–Trinajstić information content (AvgIpc) is 2.68. The van der Waals surface area contributed by atoms with Crippen molar-refractivity contribution in [2.75, 3.05) is 45.7 Å². The zero-order valence-corrected chi connectivity index (χ0v) is 16.6. The maximum atomic E-state index is 12.9. The van der Waals surface area contributed by atoms with Gasteiger partial charge in [-0.2, -0.15) is 0 Å². The Morgan fingerprint density at radius 1 is 1.11 bits per heavy atom. The Hall–Kier alpha value is -2.48. The van der Waals surface area contributed by atoms with E-state index in [1.807, 2.05) is 0 Å². The van der Waals surface area contributed by atoms with Crippen molar-refractivity contribution in [1.29, 1.82) is 0 Å². The van der Waals surface area contributed by atoms with E-state index < -0.39 is 11.3 Å². The van der Waals surface area contributed by atoms with Gasteiger partial charge in [0.2, 0.25) is 18.2 Å². The molecule has 0 aromatic heterocycles. The van der Waals surface area contributed by atoms with Gasteiger partial charge in [0.05, 0.1) is 24.9 Å². The van der Waals surface area contributed by atoms with Crippen molar-refractivity contribution < 1.29 is 23.9 Å². The van der Waals surface area contributed by atoms with E-state index >= 15 is 0 Å². The number of benzene rings is 1. The molecule has 9 heteroatoms. The molecular formula is C18H24ClN3O5. The second-order valence-electron chi connectivity index (χ2n) is 6.70. The Bertz CT molecular complexity index is 730. The summed E-state index contributed by atoms with van der Waals surface area (Å²) in [5.74, 6) is -0.0442. The molecule has 0 atom stereocenters. The molecule has 1 N–H and O–H groups in total. The van der Waals surface area contributed by atoms with Gasteiger partial charge in [0.15, 0.2) is 0 Å². The number of rotatable bonds is 6. The van der Waals surface area contributed by atoms with Crippen LogP contribution in [-0.2, 0) is 14.4 Å². The van der Waals surface area contributed by atoms with Gasteiger partial charge in [-0.15, -0.1) is 0 Å². The molecule has 2 rings (SSSR count). The summed E-state index contributed by atoms with van der Waals surface area (Å²) in [6.45, 7) is 4.83. The van der Waals surface area contributed by atoms with E-state index in [1.165, 1.54) is 20.3 Å². The van der Waals surface area contributed by atoms with Gasteiger partial charge >= 0.3 is 0 Å². The summed E-state index contributed by atoms with van der Waals surface area (Å²) in [6.07, 6.45) is 0.764. The number of anilines is 1. The number of methoxy groups -OCH3 is 2. The highest BCUT2D eigenvalue weighted by atomic mass is 35.5. The Kier molecular flexibility index (Phi) is 6.54. The summed E-state index contributed by atoms with van der Waals surface area (Å²) in [5.41, 5.74) is -0.947. The molecule has 1 saturated heterocycles. The van der Waals surface area contributed by atoms with E-state index in [2.05, 4.69) is 5.32 Å². The first-order chi connectivity index (χ1) is 12.7. The number of hydrogen-bond acceptors (Lipinski definition) is 5. The van der Waals surface area contributed by atoms with Gasteiger partial charge in [0.1, 0.15) is 16.9 Å². The van der Waals surface area contributed by atoms with E-state index in [0.717, 1.165) is 6.41 Å². The standard InChI is InChI=1S/C18H24ClN3O5/c1-18(2,17(25)22-7-5-21(11-23)6-8-22)16(24)20-13-10-14(26-3)12(19)9-15(13)27-4/h9-11H,5-8H2,1-4H3,(H,20,24). The van der Waals surface area contributed by atoms with Crippen molar-refractivity contribution >= 4 is 35.5 Å². The second kappa shape index (κ2) is 8.47. The van der Waals surface area contributed by atoms with Gasteiger partial charge in [-0.25, -0.2) is 0 Å². The van der Waals surface area contributed by atoms with Crippen LogP contribution < -0.4 is 14.8 Å². The third-order valence-electron chi connectivity index (χ3n) is 4.57. The molecule has 0 spiro atoms. The van der Waals surface area contributed by atoms with Gasteiger partial charge in [-0.3, -0.25) is 14.4 Å². The lowest BCUT2D eigenvalue weighted by atomic mass is 9.89. The third-order valence-corrected chi connectivity index (χ3v) is 4.87. The molecule has 1 heterocycles. The van der Waals surface area contributed by atoms with E-state index in [9.17, 15) is 14.4 Å². The van der Waals surface area contributed by atoms with Crippen molar-refractivity contribution in [2.45, 2.75) is 13.8 Å². The van der Waals surface area contributed by atoms with Gasteiger partial charge in [-0.05, 0) is 13.8 Å². The number of hydrogen-bond donors (Lipinski definition) is 1. The van der Waals surface area contributed by atoms with E-state index in [0.29, 0.717) is 48.4 Å². The summed E-state index contributed by atoms with van der Waals surface area (Å²) >= 11 is 6.08. The number of carbonyl (C=O) groups excluding carboxylic acids is 3. The number of amides is 3. The summed E-state index contributed by atoms with van der Waals surface area (Å²) < 4.78 is 10.4. The number of halogens is 1. The number of piperazine rings is 1. The Morgan fingerprint density at radius 3 is 2.22 bits per heavy atom. The van der Waals surface area contributed by atoms with Crippen LogP contribution in [0.1, 0.15) is 13.8 Å². The summed E-state index contributed by atoms with van der Waals surface area (Å²) in [4.78, 5) is 39.7. The first kappa shape index (κ1) is 20.8. The average molecular weight is 398 g/mol. The molecule has 3 amide bonds. The molecule has 1 aromatic carbocycles. The second-order valence-corrected chi connectivity index (χ2v) is 7.11. The summed E-state index contributed by atoms with van der Waals surface area (Å²) in [5, 5.41) is 3.07. The smallest absolute Gasteiger partial charge is 0.239 e. The molecule has 0 bridgehead atoms. The number of ether oxygens (including phenoxy) is 2. The minimum absolute atomic E-state index is 0.301. The van der Waals surface area contributed by atoms with Crippen LogP contribution in [-0.4, -0.2) is 68.4 Å². The molecule has 1 aromatic rings. The van der Waals surface area contributed by atoms with E-state index in [1.54, 1.807) is 29.7 Å². The number of nitrogens with zero attached hydrogens (tertiary/aromatic N) is 2. The fourth-order valence-corrected chi connectivity index (χ4v) is 2.99. The third kappa shape index (κ3) is 4.44. The molecule has 1 aliphatic rings. The van der Waals surface area contributed by atoms with E-state index in [-0.39, 0.29) is 5.91 Å². The normalized spacial score (nSPS) is 14.6. The molecule has 0 saturated carbocycles. The Labute approximate surface area is 163 Å². The quantitative estimate of drug-likeness (QED) is 0.582. The predicted octanol–water partition coefficient (Wildman–Crippen LogP) is 1.62. The summed E-state index contributed by atoms with van der Waals surface area (Å²) in [7, 11) is 2.92. The highest BCUT2D eigenvalue weighted by molar-refractivity contribution is 6.32. The molecule has 1 aliphatic heterocycles. The van der Waals surface area contributed by atoms with Gasteiger partial charge in [0.25, 0.3) is 0 Å². The fourth-order valence-electron chi connectivity index (χ4n) is 2.76. The van der Waals surface area contributed by atoms with Crippen LogP contribution in [0.2, 0.25) is 5.02 Å². The van der Waals surface area contributed by atoms with Crippen LogP contribution >= 0.6 is 11.6 Å². The molecular weight excluding hydrogens is 374 g/mol. The highest BCUT2D eigenvalue weighted by Gasteiger charge is 2.40. The van der Waals surface area contributed by atoms with Gasteiger partial charge < -0.3 is 24.6 Å². The SMILES string of the molecule is COc1cc(NC(=O)C(C)(C)C(=O)N2CCN(C=O)CC2)c(OC)cc1Cl. The topological polar surface area (TPSA) is 88.2 Å². The molecule has 27 heavy (non-hydrogen) atoms. The van der Waals surface area contributed by atoms with Crippen molar-refractivity contribution in [3.05, 3.63) is 17.2 Å². The van der Waals surface area contributed by atoms with Crippen LogP contribution in [0.5, 0.6) is 11.5 Å². The maximum Gasteiger partial charge on any atom is 0.239 e. The maximum absolute atomic E-state index is 12.9. The van der Waals surface area contributed by atoms with Gasteiger partial charge in [0, 0.05) is 38.3 Å². The zero-order chi connectivity index (χ0) is 20.2. The lowest BCUT2D eigenvalue weighted by Crippen LogP contribution is -2.54. The van der Waals surface area contributed by atoms with Crippen LogP contribution in [0.4, 0.5) is 5.69 Å². The minimum atomic E-state index is -1.30. The first-order valence-electron chi connectivity index (χ1n) is 8.46. The number of nitrogens with one attached hydrogen (secondary N) is 1. The molecule has 8 nitrogen and oxygen atoms in total. The molecule has 0 radical (unpaired) electrons. The molecule has 0 aliphatic carbocycles. The lowest BCUT2D eigenvalue weighted by molar-refractivity contribution is -0.148. The zero-order valence-electron chi connectivity index (χ0n) is 15.9. The van der Waals surface area contributed by atoms with Crippen LogP contribution in [0, 0.1) is 5.41 Å².